The van der Waals surface area contributed by atoms with Gasteiger partial charge >= 0.3 is 5.97 Å². The van der Waals surface area contributed by atoms with E-state index in [1.54, 1.807) is 47.2 Å². The van der Waals surface area contributed by atoms with Crippen LogP contribution >= 0.6 is 11.6 Å². The van der Waals surface area contributed by atoms with Crippen LogP contribution in [0, 0.1) is 0 Å². The van der Waals surface area contributed by atoms with Crippen LogP contribution in [-0.2, 0) is 4.79 Å². The molecule has 5 heteroatoms. The highest BCUT2D eigenvalue weighted by Gasteiger charge is 2.18. The molecule has 1 N–H and O–H groups in total. The van der Waals surface area contributed by atoms with Crippen molar-refractivity contribution in [1.82, 2.24) is 4.57 Å². The molecule has 0 aliphatic heterocycles. The number of rotatable bonds is 5. The second-order valence-electron chi connectivity index (χ2n) is 6.49. The van der Waals surface area contributed by atoms with Crippen LogP contribution in [0.3, 0.4) is 0 Å². The van der Waals surface area contributed by atoms with E-state index in [-0.39, 0.29) is 5.78 Å². The summed E-state index contributed by atoms with van der Waals surface area (Å²) in [4.78, 5) is 24.4. The lowest BCUT2D eigenvalue weighted by atomic mass is 9.96. The zero-order valence-corrected chi connectivity index (χ0v) is 16.0. The molecule has 0 unspecified atom stereocenters. The lowest BCUT2D eigenvalue weighted by Gasteiger charge is -2.14. The van der Waals surface area contributed by atoms with E-state index in [1.165, 1.54) is 6.08 Å². The average molecular weight is 402 g/mol. The molecule has 0 atom stereocenters. The molecule has 0 bridgehead atoms. The molecule has 142 valence electrons. The predicted molar refractivity (Wildman–Crippen MR) is 115 cm³/mol. The molecule has 0 saturated carbocycles. The molecule has 0 aliphatic carbocycles. The topological polar surface area (TPSA) is 59.3 Å². The maximum Gasteiger partial charge on any atom is 0.328 e. The van der Waals surface area contributed by atoms with Gasteiger partial charge in [0.15, 0.2) is 5.78 Å². The van der Waals surface area contributed by atoms with Crippen molar-refractivity contribution in [3.8, 4) is 5.69 Å². The lowest BCUT2D eigenvalue weighted by Crippen LogP contribution is -2.08. The Kier molecular flexibility index (Phi) is 5.02. The normalized spacial score (nSPS) is 11.2. The lowest BCUT2D eigenvalue weighted by molar-refractivity contribution is -0.131. The molecule has 0 radical (unpaired) electrons. The van der Waals surface area contributed by atoms with Gasteiger partial charge in [0.2, 0.25) is 0 Å². The molecular weight excluding hydrogens is 386 g/mol. The highest BCUT2D eigenvalue weighted by molar-refractivity contribution is 6.31. The number of halogens is 1. The van der Waals surface area contributed by atoms with E-state index in [0.29, 0.717) is 27.5 Å². The Hall–Kier alpha value is -3.63. The summed E-state index contributed by atoms with van der Waals surface area (Å²) in [6, 6.07) is 22.0. The number of aromatic nitrogens is 1. The van der Waals surface area contributed by atoms with Crippen LogP contribution in [-0.4, -0.2) is 21.4 Å². The molecule has 0 aliphatic rings. The maximum atomic E-state index is 13.5. The van der Waals surface area contributed by atoms with Gasteiger partial charge in [0.1, 0.15) is 0 Å². The summed E-state index contributed by atoms with van der Waals surface area (Å²) in [6.07, 6.45) is 4.34. The van der Waals surface area contributed by atoms with Gasteiger partial charge in [-0.15, -0.1) is 0 Å². The number of carbonyl (C=O) groups excluding carboxylic acids is 1. The minimum atomic E-state index is -1.04. The minimum Gasteiger partial charge on any atom is -0.478 e. The first kappa shape index (κ1) is 18.7. The number of carboxylic acid groups (broad SMARTS) is 1. The van der Waals surface area contributed by atoms with Crippen molar-refractivity contribution in [3.63, 3.8) is 0 Å². The number of hydrogen-bond donors (Lipinski definition) is 1. The molecule has 3 aromatic carbocycles. The molecule has 0 amide bonds. The van der Waals surface area contributed by atoms with Crippen LogP contribution in [0.15, 0.2) is 85.1 Å². The maximum absolute atomic E-state index is 13.5. The number of hydrogen-bond acceptors (Lipinski definition) is 2. The summed E-state index contributed by atoms with van der Waals surface area (Å²) >= 11 is 6.22. The van der Waals surface area contributed by atoms with E-state index < -0.39 is 5.97 Å². The standard InChI is InChI=1S/C24H16ClNO3/c25-17-10-12-22(26-14-4-7-18(26)11-13-23(27)28)21(15-17)24(29)20-9-3-6-16-5-1-2-8-19(16)20/h1-15H,(H,27,28)/b13-11+. The Morgan fingerprint density at radius 2 is 1.69 bits per heavy atom. The second-order valence-corrected chi connectivity index (χ2v) is 6.93. The van der Waals surface area contributed by atoms with E-state index in [0.717, 1.165) is 16.8 Å². The van der Waals surface area contributed by atoms with Gasteiger partial charge in [-0.1, -0.05) is 54.1 Å². The summed E-state index contributed by atoms with van der Waals surface area (Å²) in [5, 5.41) is 11.2. The first-order valence-electron chi connectivity index (χ1n) is 8.95. The van der Waals surface area contributed by atoms with Gasteiger partial charge < -0.3 is 9.67 Å². The van der Waals surface area contributed by atoms with Gasteiger partial charge in [-0.25, -0.2) is 4.79 Å². The third-order valence-corrected chi connectivity index (χ3v) is 4.91. The molecule has 4 nitrogen and oxygen atoms in total. The van der Waals surface area contributed by atoms with Crippen LogP contribution in [0.4, 0.5) is 0 Å². The number of fused-ring (bicyclic) bond motifs is 1. The molecule has 1 aromatic heterocycles. The Bertz CT molecular complexity index is 1260. The number of aliphatic carboxylic acids is 1. The number of benzene rings is 3. The summed E-state index contributed by atoms with van der Waals surface area (Å²) < 4.78 is 1.77. The molecule has 4 rings (SSSR count). The smallest absolute Gasteiger partial charge is 0.328 e. The highest BCUT2D eigenvalue weighted by atomic mass is 35.5. The number of nitrogens with zero attached hydrogens (tertiary/aromatic N) is 1. The van der Waals surface area contributed by atoms with E-state index >= 15 is 0 Å². The second kappa shape index (κ2) is 7.78. The summed E-state index contributed by atoms with van der Waals surface area (Å²) in [5.41, 5.74) is 2.29. The SMILES string of the molecule is O=C(O)/C=C/c1cccn1-c1ccc(Cl)cc1C(=O)c1cccc2ccccc12. The fourth-order valence-corrected chi connectivity index (χ4v) is 3.55. The van der Waals surface area contributed by atoms with Crippen molar-refractivity contribution < 1.29 is 14.7 Å². The molecule has 4 aromatic rings. The third-order valence-electron chi connectivity index (χ3n) is 4.67. The van der Waals surface area contributed by atoms with Crippen LogP contribution < -0.4 is 0 Å². The number of carboxylic acids is 1. The predicted octanol–water partition coefficient (Wildman–Crippen LogP) is 5.61. The third kappa shape index (κ3) is 3.71. The molecule has 1 heterocycles. The largest absolute Gasteiger partial charge is 0.478 e. The monoisotopic (exact) mass is 401 g/mol. The number of ketones is 1. The minimum absolute atomic E-state index is 0.152. The van der Waals surface area contributed by atoms with Gasteiger partial charge in [0.25, 0.3) is 0 Å². The van der Waals surface area contributed by atoms with Crippen LogP contribution in [0.5, 0.6) is 0 Å². The van der Waals surface area contributed by atoms with Crippen LogP contribution in [0.2, 0.25) is 5.02 Å². The van der Waals surface area contributed by atoms with E-state index in [2.05, 4.69) is 0 Å². The zero-order valence-electron chi connectivity index (χ0n) is 15.2. The van der Waals surface area contributed by atoms with Gasteiger partial charge in [-0.2, -0.15) is 0 Å². The fraction of sp³-hybridized carbons (Fsp3) is 0. The van der Waals surface area contributed by atoms with Crippen molar-refractivity contribution in [2.45, 2.75) is 0 Å². The Morgan fingerprint density at radius 1 is 0.897 bits per heavy atom. The molecule has 29 heavy (non-hydrogen) atoms. The van der Waals surface area contributed by atoms with Crippen molar-refractivity contribution >= 4 is 40.2 Å². The van der Waals surface area contributed by atoms with Gasteiger partial charge in [0.05, 0.1) is 5.69 Å². The Labute approximate surface area is 172 Å². The van der Waals surface area contributed by atoms with Gasteiger partial charge in [-0.05, 0) is 47.2 Å². The Balaban J connectivity index is 1.88. The summed E-state index contributed by atoms with van der Waals surface area (Å²) in [5.74, 6) is -1.19. The van der Waals surface area contributed by atoms with Crippen molar-refractivity contribution in [3.05, 3.63) is 107 Å². The number of carbonyl (C=O) groups is 2. The molecule has 0 saturated heterocycles. The quantitative estimate of drug-likeness (QED) is 0.349. The van der Waals surface area contributed by atoms with Gasteiger partial charge in [-0.3, -0.25) is 4.79 Å². The average Bonchev–Trinajstić information content (AvgIpc) is 3.19. The first-order chi connectivity index (χ1) is 14.0. The van der Waals surface area contributed by atoms with E-state index in [9.17, 15) is 9.59 Å². The van der Waals surface area contributed by atoms with Crippen molar-refractivity contribution in [2.75, 3.05) is 0 Å². The van der Waals surface area contributed by atoms with Crippen molar-refractivity contribution in [1.29, 1.82) is 0 Å². The Morgan fingerprint density at radius 3 is 2.52 bits per heavy atom. The molecule has 0 fully saturated rings. The fourth-order valence-electron chi connectivity index (χ4n) is 3.37. The van der Waals surface area contributed by atoms with E-state index in [4.69, 9.17) is 16.7 Å². The summed E-state index contributed by atoms with van der Waals surface area (Å²) in [7, 11) is 0. The van der Waals surface area contributed by atoms with Crippen LogP contribution in [0.1, 0.15) is 21.6 Å². The van der Waals surface area contributed by atoms with Crippen LogP contribution in [0.25, 0.3) is 22.5 Å². The molecule has 0 spiro atoms. The first-order valence-corrected chi connectivity index (χ1v) is 9.33. The van der Waals surface area contributed by atoms with Gasteiger partial charge in [0, 0.05) is 34.1 Å². The highest BCUT2D eigenvalue weighted by Crippen LogP contribution is 2.27. The molecular formula is C24H16ClNO3. The van der Waals surface area contributed by atoms with Crippen molar-refractivity contribution in [2.24, 2.45) is 0 Å². The zero-order chi connectivity index (χ0) is 20.4. The summed E-state index contributed by atoms with van der Waals surface area (Å²) in [6.45, 7) is 0. The van der Waals surface area contributed by atoms with E-state index in [1.807, 2.05) is 36.4 Å².